The van der Waals surface area contributed by atoms with E-state index in [2.05, 4.69) is 5.32 Å². The first kappa shape index (κ1) is 19.6. The minimum absolute atomic E-state index is 0.0180. The maximum atomic E-state index is 12.7. The third-order valence-electron chi connectivity index (χ3n) is 5.60. The van der Waals surface area contributed by atoms with Crippen molar-refractivity contribution < 1.29 is 14.7 Å². The van der Waals surface area contributed by atoms with Crippen molar-refractivity contribution in [1.29, 1.82) is 0 Å². The standard InChI is InChI=1S/C19H28N4O4/c1-13(25)20-9-17-15-8-14(16-4-3-5-18(26)23(16)17)10-22(11-15)19(27)12-21(2)6-7-24/h3-5,14-15,17,24H,6-12H2,1-2H3,(H,20,25)/t14-,15+,17+/m1/s1. The molecule has 1 fully saturated rings. The van der Waals surface area contributed by atoms with Crippen LogP contribution in [0.1, 0.15) is 31.0 Å². The van der Waals surface area contributed by atoms with E-state index in [-0.39, 0.29) is 48.4 Å². The fourth-order valence-electron chi connectivity index (χ4n) is 4.34. The monoisotopic (exact) mass is 376 g/mol. The van der Waals surface area contributed by atoms with Gasteiger partial charge < -0.3 is 19.9 Å². The number of aromatic nitrogens is 1. The molecule has 3 heterocycles. The Balaban J connectivity index is 1.84. The molecule has 27 heavy (non-hydrogen) atoms. The van der Waals surface area contributed by atoms with Crippen molar-refractivity contribution in [3.05, 3.63) is 34.2 Å². The highest BCUT2D eigenvalue weighted by Gasteiger charge is 2.41. The molecule has 1 aromatic heterocycles. The molecule has 1 aromatic rings. The van der Waals surface area contributed by atoms with E-state index in [1.54, 1.807) is 17.0 Å². The number of piperidine rings is 1. The number of likely N-dealkylation sites (tertiary alicyclic amines) is 1. The largest absolute Gasteiger partial charge is 0.395 e. The van der Waals surface area contributed by atoms with E-state index in [0.29, 0.717) is 26.2 Å². The average molecular weight is 376 g/mol. The van der Waals surface area contributed by atoms with Crippen LogP contribution < -0.4 is 10.9 Å². The van der Waals surface area contributed by atoms with Crippen molar-refractivity contribution >= 4 is 11.8 Å². The van der Waals surface area contributed by atoms with E-state index in [9.17, 15) is 14.4 Å². The Morgan fingerprint density at radius 3 is 2.81 bits per heavy atom. The van der Waals surface area contributed by atoms with Gasteiger partial charge in [-0.15, -0.1) is 0 Å². The predicted molar refractivity (Wildman–Crippen MR) is 100 cm³/mol. The molecule has 2 bridgehead atoms. The molecule has 3 rings (SSSR count). The van der Waals surface area contributed by atoms with Gasteiger partial charge in [0.1, 0.15) is 0 Å². The van der Waals surface area contributed by atoms with Gasteiger partial charge in [0.15, 0.2) is 0 Å². The number of hydrogen-bond donors (Lipinski definition) is 2. The highest BCUT2D eigenvalue weighted by atomic mass is 16.3. The Kier molecular flexibility index (Phi) is 5.96. The second-order valence-corrected chi connectivity index (χ2v) is 7.62. The molecule has 2 amide bonds. The van der Waals surface area contributed by atoms with Crippen LogP contribution in [0.5, 0.6) is 0 Å². The van der Waals surface area contributed by atoms with Crippen molar-refractivity contribution in [1.82, 2.24) is 19.7 Å². The molecule has 0 radical (unpaired) electrons. The van der Waals surface area contributed by atoms with Crippen molar-refractivity contribution in [3.63, 3.8) is 0 Å². The van der Waals surface area contributed by atoms with Crippen LogP contribution in [-0.4, -0.2) is 77.7 Å². The van der Waals surface area contributed by atoms with Crippen LogP contribution >= 0.6 is 0 Å². The Bertz CT molecular complexity index is 762. The fraction of sp³-hybridized carbons (Fsp3) is 0.632. The summed E-state index contributed by atoms with van der Waals surface area (Å²) in [5.41, 5.74) is 0.885. The number of carbonyl (C=O) groups is 2. The van der Waals surface area contributed by atoms with Gasteiger partial charge in [0.2, 0.25) is 11.8 Å². The SMILES string of the molecule is CC(=O)NC[C@H]1[C@H]2C[C@H](CN(C(=O)CN(C)CCO)C2)c2cccc(=O)n21. The minimum Gasteiger partial charge on any atom is -0.395 e. The summed E-state index contributed by atoms with van der Waals surface area (Å²) in [7, 11) is 1.81. The van der Waals surface area contributed by atoms with Crippen LogP contribution in [-0.2, 0) is 9.59 Å². The lowest BCUT2D eigenvalue weighted by Crippen LogP contribution is -2.54. The second-order valence-electron chi connectivity index (χ2n) is 7.62. The molecular formula is C19H28N4O4. The number of nitrogens with zero attached hydrogens (tertiary/aromatic N) is 3. The molecule has 0 saturated carbocycles. The Hall–Kier alpha value is -2.19. The number of amides is 2. The first-order valence-corrected chi connectivity index (χ1v) is 9.43. The van der Waals surface area contributed by atoms with E-state index >= 15 is 0 Å². The number of aliphatic hydroxyl groups is 1. The number of nitrogens with one attached hydrogen (secondary N) is 1. The molecule has 2 N–H and O–H groups in total. The molecule has 0 unspecified atom stereocenters. The molecule has 8 heteroatoms. The molecule has 8 nitrogen and oxygen atoms in total. The summed E-state index contributed by atoms with van der Waals surface area (Å²) in [5.74, 6) is 0.149. The summed E-state index contributed by atoms with van der Waals surface area (Å²) in [6.45, 7) is 3.76. The highest BCUT2D eigenvalue weighted by molar-refractivity contribution is 5.78. The van der Waals surface area contributed by atoms with Gasteiger partial charge in [-0.05, 0) is 25.5 Å². The zero-order chi connectivity index (χ0) is 19.6. The van der Waals surface area contributed by atoms with Gasteiger partial charge in [0, 0.05) is 50.8 Å². The third kappa shape index (κ3) is 4.22. The summed E-state index contributed by atoms with van der Waals surface area (Å²) >= 11 is 0. The quantitative estimate of drug-likeness (QED) is 0.691. The molecule has 0 aromatic carbocycles. The van der Waals surface area contributed by atoms with Gasteiger partial charge in [-0.1, -0.05) is 6.07 Å². The van der Waals surface area contributed by atoms with Gasteiger partial charge in [-0.25, -0.2) is 0 Å². The Labute approximate surface area is 158 Å². The summed E-state index contributed by atoms with van der Waals surface area (Å²) in [4.78, 5) is 40.4. The minimum atomic E-state index is -0.153. The van der Waals surface area contributed by atoms with Crippen LogP contribution in [0.2, 0.25) is 0 Å². The van der Waals surface area contributed by atoms with E-state index in [1.807, 2.05) is 22.6 Å². The molecule has 0 aliphatic carbocycles. The first-order valence-electron chi connectivity index (χ1n) is 9.43. The van der Waals surface area contributed by atoms with Crippen LogP contribution in [0.4, 0.5) is 0 Å². The van der Waals surface area contributed by atoms with Crippen molar-refractivity contribution in [2.45, 2.75) is 25.3 Å². The summed E-state index contributed by atoms with van der Waals surface area (Å²) < 4.78 is 1.81. The molecular weight excluding hydrogens is 348 g/mol. The number of hydrogen-bond acceptors (Lipinski definition) is 5. The van der Waals surface area contributed by atoms with Crippen molar-refractivity contribution in [2.75, 3.05) is 46.4 Å². The first-order chi connectivity index (χ1) is 12.9. The van der Waals surface area contributed by atoms with Gasteiger partial charge in [-0.3, -0.25) is 19.3 Å². The number of rotatable bonds is 6. The lowest BCUT2D eigenvalue weighted by atomic mass is 9.78. The van der Waals surface area contributed by atoms with Gasteiger partial charge in [-0.2, -0.15) is 0 Å². The molecule has 2 aliphatic heterocycles. The molecule has 2 aliphatic rings. The topological polar surface area (TPSA) is 94.9 Å². The summed E-state index contributed by atoms with van der Waals surface area (Å²) in [6, 6.07) is 5.12. The smallest absolute Gasteiger partial charge is 0.251 e. The molecule has 148 valence electrons. The maximum absolute atomic E-state index is 12.7. The van der Waals surface area contributed by atoms with Crippen LogP contribution in [0.25, 0.3) is 0 Å². The van der Waals surface area contributed by atoms with Crippen molar-refractivity contribution in [2.24, 2.45) is 5.92 Å². The highest BCUT2D eigenvalue weighted by Crippen LogP contribution is 2.40. The lowest BCUT2D eigenvalue weighted by molar-refractivity contribution is -0.135. The number of likely N-dealkylation sites (N-methyl/N-ethyl adjacent to an activating group) is 1. The van der Waals surface area contributed by atoms with Gasteiger partial charge in [0.05, 0.1) is 19.2 Å². The normalized spacial score (nSPS) is 23.9. The van der Waals surface area contributed by atoms with Crippen LogP contribution in [0.15, 0.2) is 23.0 Å². The van der Waals surface area contributed by atoms with E-state index in [1.165, 1.54) is 6.92 Å². The van der Waals surface area contributed by atoms with E-state index in [0.717, 1.165) is 12.1 Å². The average Bonchev–Trinajstić information content (AvgIpc) is 2.62. The number of carbonyl (C=O) groups excluding carboxylic acids is 2. The number of aliphatic hydroxyl groups excluding tert-OH is 1. The molecule has 1 saturated heterocycles. The summed E-state index contributed by atoms with van der Waals surface area (Å²) in [5, 5.41) is 11.9. The van der Waals surface area contributed by atoms with Gasteiger partial charge in [0.25, 0.3) is 5.56 Å². The van der Waals surface area contributed by atoms with Crippen molar-refractivity contribution in [3.8, 4) is 0 Å². The van der Waals surface area contributed by atoms with E-state index < -0.39 is 0 Å². The zero-order valence-corrected chi connectivity index (χ0v) is 15.9. The van der Waals surface area contributed by atoms with Crippen LogP contribution in [0.3, 0.4) is 0 Å². The third-order valence-corrected chi connectivity index (χ3v) is 5.60. The van der Waals surface area contributed by atoms with E-state index in [4.69, 9.17) is 5.11 Å². The number of fused-ring (bicyclic) bond motifs is 4. The molecule has 3 atom stereocenters. The zero-order valence-electron chi connectivity index (χ0n) is 15.9. The molecule has 0 spiro atoms. The summed E-state index contributed by atoms with van der Waals surface area (Å²) in [6.07, 6.45) is 0.907. The lowest BCUT2D eigenvalue weighted by Gasteiger charge is -2.47. The van der Waals surface area contributed by atoms with Gasteiger partial charge >= 0.3 is 0 Å². The Morgan fingerprint density at radius 1 is 1.33 bits per heavy atom. The second kappa shape index (κ2) is 8.22. The predicted octanol–water partition coefficient (Wildman–Crippen LogP) is -0.605. The fourth-order valence-corrected chi connectivity index (χ4v) is 4.34. The Morgan fingerprint density at radius 2 is 2.11 bits per heavy atom. The van der Waals surface area contributed by atoms with Crippen LogP contribution in [0, 0.1) is 5.92 Å². The maximum Gasteiger partial charge on any atom is 0.251 e. The number of pyridine rings is 1.